The SMILES string of the molecule is CC(=O)N(c1ccc(C)cc1)c1nc(C=O)cs1. The van der Waals surface area contributed by atoms with E-state index in [1.165, 1.54) is 23.2 Å². The highest BCUT2D eigenvalue weighted by molar-refractivity contribution is 7.14. The molecule has 1 amide bonds. The number of thiazole rings is 1. The van der Waals surface area contributed by atoms with Gasteiger partial charge in [0, 0.05) is 12.3 Å². The monoisotopic (exact) mass is 260 g/mol. The van der Waals surface area contributed by atoms with Gasteiger partial charge in [-0.3, -0.25) is 14.5 Å². The van der Waals surface area contributed by atoms with Gasteiger partial charge in [-0.25, -0.2) is 4.98 Å². The molecule has 0 aliphatic heterocycles. The van der Waals surface area contributed by atoms with Crippen molar-refractivity contribution in [1.82, 2.24) is 4.98 Å². The number of amides is 1. The second-order valence-corrected chi connectivity index (χ2v) is 4.70. The Morgan fingerprint density at radius 2 is 2.00 bits per heavy atom. The fourth-order valence-electron chi connectivity index (χ4n) is 1.55. The first-order valence-electron chi connectivity index (χ1n) is 5.40. The van der Waals surface area contributed by atoms with Crippen molar-refractivity contribution in [3.05, 3.63) is 40.9 Å². The van der Waals surface area contributed by atoms with Crippen LogP contribution >= 0.6 is 11.3 Å². The summed E-state index contributed by atoms with van der Waals surface area (Å²) in [5.74, 6) is -0.134. The quantitative estimate of drug-likeness (QED) is 0.797. The molecule has 0 aliphatic carbocycles. The van der Waals surface area contributed by atoms with E-state index in [1.807, 2.05) is 31.2 Å². The highest BCUT2D eigenvalue weighted by atomic mass is 32.1. The molecular formula is C13H12N2O2S. The van der Waals surface area contributed by atoms with Crippen LogP contribution in [-0.2, 0) is 4.79 Å². The van der Waals surface area contributed by atoms with E-state index < -0.39 is 0 Å². The molecule has 1 heterocycles. The average molecular weight is 260 g/mol. The van der Waals surface area contributed by atoms with Gasteiger partial charge >= 0.3 is 0 Å². The molecule has 0 saturated heterocycles. The van der Waals surface area contributed by atoms with E-state index in [4.69, 9.17) is 0 Å². The van der Waals surface area contributed by atoms with Crippen LogP contribution in [0.3, 0.4) is 0 Å². The summed E-state index contributed by atoms with van der Waals surface area (Å²) < 4.78 is 0. The Hall–Kier alpha value is -2.01. The topological polar surface area (TPSA) is 50.3 Å². The highest BCUT2D eigenvalue weighted by Crippen LogP contribution is 2.28. The van der Waals surface area contributed by atoms with E-state index in [2.05, 4.69) is 4.98 Å². The van der Waals surface area contributed by atoms with Gasteiger partial charge in [-0.15, -0.1) is 11.3 Å². The minimum Gasteiger partial charge on any atom is -0.296 e. The van der Waals surface area contributed by atoms with Crippen LogP contribution in [0.1, 0.15) is 23.0 Å². The number of aldehydes is 1. The van der Waals surface area contributed by atoms with Gasteiger partial charge in [0.25, 0.3) is 0 Å². The van der Waals surface area contributed by atoms with Crippen molar-refractivity contribution < 1.29 is 9.59 Å². The third kappa shape index (κ3) is 2.46. The molecule has 4 nitrogen and oxygen atoms in total. The molecule has 0 bridgehead atoms. The van der Waals surface area contributed by atoms with E-state index in [-0.39, 0.29) is 5.91 Å². The molecule has 0 fully saturated rings. The Kier molecular flexibility index (Phi) is 3.53. The lowest BCUT2D eigenvalue weighted by atomic mass is 10.2. The van der Waals surface area contributed by atoms with Gasteiger partial charge in [0.15, 0.2) is 11.4 Å². The summed E-state index contributed by atoms with van der Waals surface area (Å²) >= 11 is 1.27. The number of hydrogen-bond acceptors (Lipinski definition) is 4. The van der Waals surface area contributed by atoms with Gasteiger partial charge in [-0.2, -0.15) is 0 Å². The fourth-order valence-corrected chi connectivity index (χ4v) is 2.39. The molecule has 0 saturated carbocycles. The summed E-state index contributed by atoms with van der Waals surface area (Å²) in [4.78, 5) is 28.0. The standard InChI is InChI=1S/C13H12N2O2S/c1-9-3-5-12(6-4-9)15(10(2)17)13-14-11(7-16)8-18-13/h3-8H,1-2H3. The molecule has 0 atom stereocenters. The van der Waals surface area contributed by atoms with Gasteiger partial charge in [0.05, 0.1) is 5.69 Å². The number of benzene rings is 1. The number of rotatable bonds is 3. The lowest BCUT2D eigenvalue weighted by Gasteiger charge is -2.17. The van der Waals surface area contributed by atoms with E-state index in [9.17, 15) is 9.59 Å². The van der Waals surface area contributed by atoms with Crippen LogP contribution in [0.25, 0.3) is 0 Å². The Balaban J connectivity index is 2.42. The molecule has 0 aliphatic rings. The van der Waals surface area contributed by atoms with Gasteiger partial charge in [-0.1, -0.05) is 17.7 Å². The number of carbonyl (C=O) groups excluding carboxylic acids is 2. The molecule has 1 aromatic carbocycles. The maximum absolute atomic E-state index is 11.7. The van der Waals surface area contributed by atoms with Crippen molar-refractivity contribution in [3.8, 4) is 0 Å². The number of anilines is 2. The van der Waals surface area contributed by atoms with Crippen molar-refractivity contribution in [2.45, 2.75) is 13.8 Å². The third-order valence-electron chi connectivity index (χ3n) is 2.43. The average Bonchev–Trinajstić information content (AvgIpc) is 2.80. The zero-order valence-corrected chi connectivity index (χ0v) is 10.9. The maximum Gasteiger partial charge on any atom is 0.230 e. The zero-order valence-electron chi connectivity index (χ0n) is 10.1. The van der Waals surface area contributed by atoms with Crippen molar-refractivity contribution in [2.75, 3.05) is 4.90 Å². The molecule has 2 rings (SSSR count). The Labute approximate surface area is 109 Å². The van der Waals surface area contributed by atoms with Crippen LogP contribution in [0.4, 0.5) is 10.8 Å². The fraction of sp³-hybridized carbons (Fsp3) is 0.154. The van der Waals surface area contributed by atoms with E-state index in [0.29, 0.717) is 17.1 Å². The van der Waals surface area contributed by atoms with Gasteiger partial charge < -0.3 is 0 Å². The normalized spacial score (nSPS) is 10.1. The lowest BCUT2D eigenvalue weighted by Crippen LogP contribution is -2.22. The highest BCUT2D eigenvalue weighted by Gasteiger charge is 2.17. The number of nitrogens with zero attached hydrogens (tertiary/aromatic N) is 2. The summed E-state index contributed by atoms with van der Waals surface area (Å²) in [6, 6.07) is 7.58. The first kappa shape index (κ1) is 12.4. The van der Waals surface area contributed by atoms with E-state index in [1.54, 1.807) is 5.38 Å². The maximum atomic E-state index is 11.7. The molecule has 0 N–H and O–H groups in total. The van der Waals surface area contributed by atoms with Crippen LogP contribution in [0, 0.1) is 6.92 Å². The van der Waals surface area contributed by atoms with Crippen molar-refractivity contribution in [3.63, 3.8) is 0 Å². The largest absolute Gasteiger partial charge is 0.296 e. The van der Waals surface area contributed by atoms with Crippen molar-refractivity contribution in [2.24, 2.45) is 0 Å². The lowest BCUT2D eigenvalue weighted by molar-refractivity contribution is -0.115. The molecular weight excluding hydrogens is 248 g/mol. The van der Waals surface area contributed by atoms with Crippen molar-refractivity contribution in [1.29, 1.82) is 0 Å². The molecule has 18 heavy (non-hydrogen) atoms. The molecule has 1 aromatic heterocycles. The Morgan fingerprint density at radius 3 is 2.50 bits per heavy atom. The van der Waals surface area contributed by atoms with Crippen LogP contribution in [0.15, 0.2) is 29.6 Å². The number of aryl methyl sites for hydroxylation is 1. The minimum atomic E-state index is -0.134. The molecule has 0 unspecified atom stereocenters. The summed E-state index contributed by atoms with van der Waals surface area (Å²) in [6.45, 7) is 3.46. The predicted octanol–water partition coefficient (Wildman–Crippen LogP) is 2.95. The van der Waals surface area contributed by atoms with Gasteiger partial charge in [0.2, 0.25) is 5.91 Å². The molecule has 2 aromatic rings. The first-order valence-corrected chi connectivity index (χ1v) is 6.28. The van der Waals surface area contributed by atoms with Crippen LogP contribution < -0.4 is 4.90 Å². The van der Waals surface area contributed by atoms with Gasteiger partial charge in [-0.05, 0) is 19.1 Å². The van der Waals surface area contributed by atoms with E-state index >= 15 is 0 Å². The van der Waals surface area contributed by atoms with E-state index in [0.717, 1.165) is 11.3 Å². The third-order valence-corrected chi connectivity index (χ3v) is 3.27. The number of carbonyl (C=O) groups is 2. The summed E-state index contributed by atoms with van der Waals surface area (Å²) in [6.07, 6.45) is 0.674. The smallest absolute Gasteiger partial charge is 0.230 e. The summed E-state index contributed by atoms with van der Waals surface area (Å²) in [7, 11) is 0. The molecule has 5 heteroatoms. The number of hydrogen-bond donors (Lipinski definition) is 0. The van der Waals surface area contributed by atoms with Crippen LogP contribution in [0.2, 0.25) is 0 Å². The first-order chi connectivity index (χ1) is 8.61. The molecule has 0 radical (unpaired) electrons. The van der Waals surface area contributed by atoms with Crippen LogP contribution in [-0.4, -0.2) is 17.2 Å². The zero-order chi connectivity index (χ0) is 13.1. The second-order valence-electron chi connectivity index (χ2n) is 3.86. The second kappa shape index (κ2) is 5.10. The summed E-state index contributed by atoms with van der Waals surface area (Å²) in [5, 5.41) is 2.14. The number of aromatic nitrogens is 1. The Morgan fingerprint density at radius 1 is 1.33 bits per heavy atom. The summed E-state index contributed by atoms with van der Waals surface area (Å²) in [5.41, 5.74) is 2.21. The molecule has 0 spiro atoms. The van der Waals surface area contributed by atoms with Crippen LogP contribution in [0.5, 0.6) is 0 Å². The van der Waals surface area contributed by atoms with Crippen molar-refractivity contribution >= 4 is 34.3 Å². The molecule has 92 valence electrons. The Bertz CT molecular complexity index is 575. The van der Waals surface area contributed by atoms with Gasteiger partial charge in [0.1, 0.15) is 5.69 Å². The minimum absolute atomic E-state index is 0.134. The predicted molar refractivity (Wildman–Crippen MR) is 71.5 cm³/mol.